The van der Waals surface area contributed by atoms with Crippen LogP contribution < -0.4 is 4.57 Å². The van der Waals surface area contributed by atoms with Crippen LogP contribution in [0.2, 0.25) is 0 Å². The van der Waals surface area contributed by atoms with Gasteiger partial charge in [0.25, 0.3) is 5.82 Å². The molecule has 13 heavy (non-hydrogen) atoms. The number of aromatic nitrogens is 2. The second-order valence-corrected chi connectivity index (χ2v) is 2.89. The zero-order valence-corrected chi connectivity index (χ0v) is 7.48. The Kier molecular flexibility index (Phi) is 3.67. The second kappa shape index (κ2) is 4.79. The third-order valence-electron chi connectivity index (χ3n) is 1.82. The molecular weight excluding hydrogens is 168 g/mol. The van der Waals surface area contributed by atoms with Gasteiger partial charge in [0.15, 0.2) is 0 Å². The van der Waals surface area contributed by atoms with Crippen molar-refractivity contribution in [1.82, 2.24) is 4.98 Å². The van der Waals surface area contributed by atoms with E-state index in [9.17, 15) is 5.11 Å². The van der Waals surface area contributed by atoms with Crippen LogP contribution in [0.5, 0.6) is 0 Å². The van der Waals surface area contributed by atoms with E-state index in [0.717, 1.165) is 5.82 Å². The highest BCUT2D eigenvalue weighted by Crippen LogP contribution is 1.94. The molecule has 0 saturated heterocycles. The number of hydrogen-bond donors (Lipinski definition) is 3. The zero-order valence-electron chi connectivity index (χ0n) is 7.48. The second-order valence-electron chi connectivity index (χ2n) is 2.89. The Morgan fingerprint density at radius 3 is 3.08 bits per heavy atom. The van der Waals surface area contributed by atoms with Gasteiger partial charge < -0.3 is 10.2 Å². The predicted octanol–water partition coefficient (Wildman–Crippen LogP) is -0.616. The van der Waals surface area contributed by atoms with E-state index in [1.165, 1.54) is 0 Å². The SMILES string of the molecule is C=CC[n+]1cc[nH]c1CC(O)CO. The number of allylic oxidation sites excluding steroid dienone is 1. The van der Waals surface area contributed by atoms with Crippen molar-refractivity contribution in [2.75, 3.05) is 6.61 Å². The van der Waals surface area contributed by atoms with Crippen LogP contribution in [0.3, 0.4) is 0 Å². The van der Waals surface area contributed by atoms with Gasteiger partial charge in [-0.15, -0.1) is 0 Å². The summed E-state index contributed by atoms with van der Waals surface area (Å²) in [4.78, 5) is 3.00. The summed E-state index contributed by atoms with van der Waals surface area (Å²) in [5, 5.41) is 17.9. The molecule has 4 heteroatoms. The summed E-state index contributed by atoms with van der Waals surface area (Å²) in [6.45, 7) is 4.12. The first kappa shape index (κ1) is 9.95. The van der Waals surface area contributed by atoms with Crippen LogP contribution in [-0.2, 0) is 13.0 Å². The quantitative estimate of drug-likeness (QED) is 0.421. The first-order chi connectivity index (χ1) is 6.27. The minimum Gasteiger partial charge on any atom is -0.394 e. The van der Waals surface area contributed by atoms with Crippen LogP contribution in [0.25, 0.3) is 0 Å². The van der Waals surface area contributed by atoms with Gasteiger partial charge in [-0.25, -0.2) is 9.55 Å². The molecule has 0 aliphatic rings. The number of aromatic amines is 1. The summed E-state index contributed by atoms with van der Waals surface area (Å²) in [5.41, 5.74) is 0. The molecule has 0 fully saturated rings. The molecule has 1 aromatic heterocycles. The van der Waals surface area contributed by atoms with E-state index >= 15 is 0 Å². The molecule has 0 spiro atoms. The van der Waals surface area contributed by atoms with Gasteiger partial charge >= 0.3 is 0 Å². The largest absolute Gasteiger partial charge is 0.394 e. The normalized spacial score (nSPS) is 12.8. The van der Waals surface area contributed by atoms with Crippen LogP contribution in [0.4, 0.5) is 0 Å². The maximum absolute atomic E-state index is 9.21. The maximum Gasteiger partial charge on any atom is 0.257 e. The Bertz CT molecular complexity index is 270. The van der Waals surface area contributed by atoms with Crippen LogP contribution in [0, 0.1) is 0 Å². The van der Waals surface area contributed by atoms with Crippen molar-refractivity contribution in [2.45, 2.75) is 19.1 Å². The van der Waals surface area contributed by atoms with Gasteiger partial charge in [-0.05, 0) is 0 Å². The molecule has 0 aliphatic carbocycles. The summed E-state index contributed by atoms with van der Waals surface area (Å²) < 4.78 is 1.94. The first-order valence-corrected chi connectivity index (χ1v) is 4.23. The molecule has 1 rings (SSSR count). The summed E-state index contributed by atoms with van der Waals surface area (Å²) in [7, 11) is 0. The van der Waals surface area contributed by atoms with E-state index in [1.54, 1.807) is 12.3 Å². The molecular formula is C9H15N2O2+. The molecule has 0 aromatic carbocycles. The van der Waals surface area contributed by atoms with Gasteiger partial charge in [0.1, 0.15) is 18.9 Å². The fourth-order valence-corrected chi connectivity index (χ4v) is 1.17. The lowest BCUT2D eigenvalue weighted by Gasteiger charge is -2.03. The Morgan fingerprint density at radius 1 is 1.69 bits per heavy atom. The van der Waals surface area contributed by atoms with Gasteiger partial charge in [0.05, 0.1) is 19.1 Å². The minimum atomic E-state index is -0.699. The number of rotatable bonds is 5. The summed E-state index contributed by atoms with van der Waals surface area (Å²) in [6, 6.07) is 0. The van der Waals surface area contributed by atoms with Gasteiger partial charge in [-0.1, -0.05) is 12.7 Å². The summed E-state index contributed by atoms with van der Waals surface area (Å²) >= 11 is 0. The van der Waals surface area contributed by atoms with Crippen molar-refractivity contribution >= 4 is 0 Å². The average molecular weight is 183 g/mol. The fraction of sp³-hybridized carbons (Fsp3) is 0.444. The lowest BCUT2D eigenvalue weighted by Crippen LogP contribution is -2.37. The minimum absolute atomic E-state index is 0.215. The Morgan fingerprint density at radius 2 is 2.46 bits per heavy atom. The average Bonchev–Trinajstić information content (AvgIpc) is 2.54. The number of hydrogen-bond acceptors (Lipinski definition) is 2. The van der Waals surface area contributed by atoms with Gasteiger partial charge in [0, 0.05) is 0 Å². The fourth-order valence-electron chi connectivity index (χ4n) is 1.17. The highest BCUT2D eigenvalue weighted by molar-refractivity contribution is 4.81. The van der Waals surface area contributed by atoms with Crippen molar-refractivity contribution in [3.05, 3.63) is 30.9 Å². The van der Waals surface area contributed by atoms with Crippen molar-refractivity contribution in [3.63, 3.8) is 0 Å². The predicted molar refractivity (Wildman–Crippen MR) is 48.0 cm³/mol. The number of aliphatic hydroxyl groups is 2. The molecule has 4 nitrogen and oxygen atoms in total. The highest BCUT2D eigenvalue weighted by Gasteiger charge is 2.13. The third-order valence-corrected chi connectivity index (χ3v) is 1.82. The molecule has 0 amide bonds. The highest BCUT2D eigenvalue weighted by atomic mass is 16.3. The van der Waals surface area contributed by atoms with Crippen molar-refractivity contribution in [2.24, 2.45) is 0 Å². The molecule has 0 bridgehead atoms. The molecule has 3 N–H and O–H groups in total. The van der Waals surface area contributed by atoms with Crippen LogP contribution in [-0.4, -0.2) is 27.9 Å². The Balaban J connectivity index is 2.64. The monoisotopic (exact) mass is 183 g/mol. The van der Waals surface area contributed by atoms with E-state index in [-0.39, 0.29) is 6.61 Å². The van der Waals surface area contributed by atoms with E-state index < -0.39 is 6.10 Å². The summed E-state index contributed by atoms with van der Waals surface area (Å²) in [5.74, 6) is 0.890. The summed E-state index contributed by atoms with van der Waals surface area (Å²) in [6.07, 6.45) is 5.18. The smallest absolute Gasteiger partial charge is 0.257 e. The molecule has 1 atom stereocenters. The van der Waals surface area contributed by atoms with Gasteiger partial charge in [-0.3, -0.25) is 0 Å². The number of H-pyrrole nitrogens is 1. The number of aliphatic hydroxyl groups excluding tert-OH is 2. The van der Waals surface area contributed by atoms with Crippen LogP contribution in [0.15, 0.2) is 25.0 Å². The lowest BCUT2D eigenvalue weighted by atomic mass is 10.2. The number of imidazole rings is 1. The van der Waals surface area contributed by atoms with Crippen LogP contribution >= 0.6 is 0 Å². The number of nitrogens with one attached hydrogen (secondary N) is 1. The molecule has 0 radical (unpaired) electrons. The Labute approximate surface area is 77.2 Å². The van der Waals surface area contributed by atoms with E-state index in [0.29, 0.717) is 13.0 Å². The molecule has 72 valence electrons. The van der Waals surface area contributed by atoms with Crippen molar-refractivity contribution < 1.29 is 14.8 Å². The molecule has 1 aromatic rings. The molecule has 0 saturated carbocycles. The Hall–Kier alpha value is -1.13. The maximum atomic E-state index is 9.21. The van der Waals surface area contributed by atoms with Crippen LogP contribution in [0.1, 0.15) is 5.82 Å². The molecule has 1 heterocycles. The van der Waals surface area contributed by atoms with Crippen molar-refractivity contribution in [3.8, 4) is 0 Å². The van der Waals surface area contributed by atoms with Crippen molar-refractivity contribution in [1.29, 1.82) is 0 Å². The van der Waals surface area contributed by atoms with E-state index in [1.807, 2.05) is 10.8 Å². The zero-order chi connectivity index (χ0) is 9.68. The van der Waals surface area contributed by atoms with E-state index in [4.69, 9.17) is 5.11 Å². The number of nitrogens with zero attached hydrogens (tertiary/aromatic N) is 1. The lowest BCUT2D eigenvalue weighted by molar-refractivity contribution is -0.693. The third kappa shape index (κ3) is 2.68. The first-order valence-electron chi connectivity index (χ1n) is 4.23. The molecule has 0 aliphatic heterocycles. The standard InChI is InChI=1S/C9H14N2O2/c1-2-4-11-5-3-10-9(11)6-8(13)7-12/h2-3,5,8,12-13H,1,4,6-7H2/p+1. The van der Waals surface area contributed by atoms with Gasteiger partial charge in [0.2, 0.25) is 0 Å². The molecule has 1 unspecified atom stereocenters. The van der Waals surface area contributed by atoms with Gasteiger partial charge in [-0.2, -0.15) is 0 Å². The van der Waals surface area contributed by atoms with E-state index in [2.05, 4.69) is 11.6 Å². The topological polar surface area (TPSA) is 60.1 Å².